The molecule has 0 N–H and O–H groups in total. The number of rotatable bonds is 7. The van der Waals surface area contributed by atoms with Crippen molar-refractivity contribution in [3.8, 4) is 11.3 Å². The number of carbonyl (C=O) groups is 1. The Labute approximate surface area is 168 Å². The SMILES string of the molecule is CCCc1cnc(C)nc1-c1ccc(C(=O)N2CCCCC2CCOC)cc1. The minimum absolute atomic E-state index is 0.125. The molecule has 2 heterocycles. The van der Waals surface area contributed by atoms with E-state index in [9.17, 15) is 4.79 Å². The van der Waals surface area contributed by atoms with E-state index in [4.69, 9.17) is 4.74 Å². The maximum atomic E-state index is 13.1. The number of nitrogens with zero attached hydrogens (tertiary/aromatic N) is 3. The number of aryl methyl sites for hydroxylation is 2. The van der Waals surface area contributed by atoms with Crippen LogP contribution < -0.4 is 0 Å². The minimum Gasteiger partial charge on any atom is -0.385 e. The fraction of sp³-hybridized carbons (Fsp3) is 0.522. The number of likely N-dealkylation sites (tertiary alicyclic amines) is 1. The van der Waals surface area contributed by atoms with E-state index >= 15 is 0 Å². The third-order valence-corrected chi connectivity index (χ3v) is 5.45. The number of aromatic nitrogens is 2. The molecule has 0 bridgehead atoms. The lowest BCUT2D eigenvalue weighted by Gasteiger charge is -2.36. The first-order chi connectivity index (χ1) is 13.6. The van der Waals surface area contributed by atoms with Crippen LogP contribution in [-0.4, -0.2) is 47.1 Å². The van der Waals surface area contributed by atoms with E-state index in [1.165, 1.54) is 6.42 Å². The van der Waals surface area contributed by atoms with Crippen LogP contribution in [0.1, 0.15) is 60.8 Å². The highest BCUT2D eigenvalue weighted by molar-refractivity contribution is 5.95. The number of hydrogen-bond donors (Lipinski definition) is 0. The van der Waals surface area contributed by atoms with E-state index < -0.39 is 0 Å². The third kappa shape index (κ3) is 4.76. The molecule has 150 valence electrons. The summed E-state index contributed by atoms with van der Waals surface area (Å²) in [5.41, 5.74) is 3.92. The second-order valence-electron chi connectivity index (χ2n) is 7.55. The molecule has 1 aliphatic heterocycles. The molecule has 1 fully saturated rings. The van der Waals surface area contributed by atoms with E-state index in [1.54, 1.807) is 7.11 Å². The van der Waals surface area contributed by atoms with Crippen LogP contribution in [0.5, 0.6) is 0 Å². The molecule has 1 atom stereocenters. The van der Waals surface area contributed by atoms with Gasteiger partial charge >= 0.3 is 0 Å². The Hall–Kier alpha value is -2.27. The normalized spacial score (nSPS) is 17.0. The average Bonchev–Trinajstić information content (AvgIpc) is 2.73. The molecule has 1 saturated heterocycles. The minimum atomic E-state index is 0.125. The van der Waals surface area contributed by atoms with Crippen molar-refractivity contribution < 1.29 is 9.53 Å². The van der Waals surface area contributed by atoms with Gasteiger partial charge in [0.2, 0.25) is 0 Å². The van der Waals surface area contributed by atoms with E-state index in [0.717, 1.165) is 66.9 Å². The van der Waals surface area contributed by atoms with Gasteiger partial charge in [-0.2, -0.15) is 0 Å². The summed E-state index contributed by atoms with van der Waals surface area (Å²) in [5, 5.41) is 0. The lowest BCUT2D eigenvalue weighted by atomic mass is 9.97. The number of carbonyl (C=O) groups excluding carboxylic acids is 1. The van der Waals surface area contributed by atoms with Gasteiger partial charge in [-0.05, 0) is 56.7 Å². The van der Waals surface area contributed by atoms with Gasteiger partial charge in [0.05, 0.1) is 5.69 Å². The summed E-state index contributed by atoms with van der Waals surface area (Å²) in [7, 11) is 1.72. The van der Waals surface area contributed by atoms with Gasteiger partial charge in [-0.15, -0.1) is 0 Å². The molecule has 2 aromatic rings. The molecule has 28 heavy (non-hydrogen) atoms. The van der Waals surface area contributed by atoms with Crippen molar-refractivity contribution in [1.82, 2.24) is 14.9 Å². The zero-order valence-corrected chi connectivity index (χ0v) is 17.3. The van der Waals surface area contributed by atoms with Crippen molar-refractivity contribution in [3.05, 3.63) is 47.4 Å². The quantitative estimate of drug-likeness (QED) is 0.712. The Morgan fingerprint density at radius 2 is 2.04 bits per heavy atom. The molecule has 0 radical (unpaired) electrons. The van der Waals surface area contributed by atoms with Crippen LogP contribution in [0, 0.1) is 6.92 Å². The van der Waals surface area contributed by atoms with Crippen LogP contribution in [0.2, 0.25) is 0 Å². The highest BCUT2D eigenvalue weighted by Crippen LogP contribution is 2.25. The fourth-order valence-corrected chi connectivity index (χ4v) is 3.96. The Morgan fingerprint density at radius 3 is 2.75 bits per heavy atom. The van der Waals surface area contributed by atoms with Gasteiger partial charge in [-0.1, -0.05) is 25.5 Å². The van der Waals surface area contributed by atoms with Crippen LogP contribution in [0.25, 0.3) is 11.3 Å². The molecule has 1 unspecified atom stereocenters. The lowest BCUT2D eigenvalue weighted by Crippen LogP contribution is -2.44. The molecule has 1 amide bonds. The Balaban J connectivity index is 1.80. The van der Waals surface area contributed by atoms with E-state index in [-0.39, 0.29) is 11.9 Å². The van der Waals surface area contributed by atoms with Crippen molar-refractivity contribution in [2.24, 2.45) is 0 Å². The fourth-order valence-electron chi connectivity index (χ4n) is 3.96. The summed E-state index contributed by atoms with van der Waals surface area (Å²) < 4.78 is 5.23. The summed E-state index contributed by atoms with van der Waals surface area (Å²) >= 11 is 0. The molecule has 5 nitrogen and oxygen atoms in total. The number of methoxy groups -OCH3 is 1. The van der Waals surface area contributed by atoms with E-state index in [1.807, 2.05) is 42.3 Å². The van der Waals surface area contributed by atoms with Gasteiger partial charge in [0.1, 0.15) is 5.82 Å². The molecule has 1 aromatic heterocycles. The predicted octanol–water partition coefficient (Wildman–Crippen LogP) is 4.44. The van der Waals surface area contributed by atoms with Gasteiger partial charge in [0.15, 0.2) is 0 Å². The van der Waals surface area contributed by atoms with Crippen LogP contribution in [0.3, 0.4) is 0 Å². The zero-order chi connectivity index (χ0) is 19.9. The highest BCUT2D eigenvalue weighted by Gasteiger charge is 2.27. The first-order valence-corrected chi connectivity index (χ1v) is 10.4. The molecule has 3 rings (SSSR count). The van der Waals surface area contributed by atoms with Crippen LogP contribution in [0.4, 0.5) is 0 Å². The van der Waals surface area contributed by atoms with E-state index in [2.05, 4.69) is 16.9 Å². The molecular formula is C23H31N3O2. The zero-order valence-electron chi connectivity index (χ0n) is 17.3. The molecule has 1 aliphatic rings. The van der Waals surface area contributed by atoms with Crippen molar-refractivity contribution in [2.45, 2.75) is 58.4 Å². The lowest BCUT2D eigenvalue weighted by molar-refractivity contribution is 0.0553. The summed E-state index contributed by atoms with van der Waals surface area (Å²) in [6.45, 7) is 5.60. The third-order valence-electron chi connectivity index (χ3n) is 5.45. The molecular weight excluding hydrogens is 350 g/mol. The van der Waals surface area contributed by atoms with Crippen molar-refractivity contribution in [2.75, 3.05) is 20.3 Å². The van der Waals surface area contributed by atoms with Gasteiger partial charge in [0.25, 0.3) is 5.91 Å². The first-order valence-electron chi connectivity index (χ1n) is 10.4. The number of amides is 1. The largest absolute Gasteiger partial charge is 0.385 e. The molecule has 1 aromatic carbocycles. The molecule has 0 saturated carbocycles. The van der Waals surface area contributed by atoms with Crippen LogP contribution in [-0.2, 0) is 11.2 Å². The summed E-state index contributed by atoms with van der Waals surface area (Å²) in [4.78, 5) is 24.1. The Kier molecular flexibility index (Phi) is 7.15. The topological polar surface area (TPSA) is 55.3 Å². The standard InChI is InChI=1S/C23H31N3O2/c1-4-7-20-16-24-17(2)25-22(20)18-9-11-19(12-10-18)23(27)26-14-6-5-8-21(26)13-15-28-3/h9-12,16,21H,4-8,13-15H2,1-3H3. The summed E-state index contributed by atoms with van der Waals surface area (Å²) in [5.74, 6) is 0.893. The maximum absolute atomic E-state index is 13.1. The monoisotopic (exact) mass is 381 g/mol. The van der Waals surface area contributed by atoms with Gasteiger partial charge in [-0.3, -0.25) is 4.79 Å². The molecule has 0 aliphatic carbocycles. The smallest absolute Gasteiger partial charge is 0.254 e. The van der Waals surface area contributed by atoms with Crippen LogP contribution >= 0.6 is 0 Å². The number of benzene rings is 1. The maximum Gasteiger partial charge on any atom is 0.254 e. The molecule has 5 heteroatoms. The highest BCUT2D eigenvalue weighted by atomic mass is 16.5. The van der Waals surface area contributed by atoms with Gasteiger partial charge in [-0.25, -0.2) is 9.97 Å². The number of piperidine rings is 1. The average molecular weight is 382 g/mol. The van der Waals surface area contributed by atoms with Crippen molar-refractivity contribution in [3.63, 3.8) is 0 Å². The van der Waals surface area contributed by atoms with Crippen molar-refractivity contribution >= 4 is 5.91 Å². The number of ether oxygens (including phenoxy) is 1. The second kappa shape index (κ2) is 9.78. The van der Waals surface area contributed by atoms with Crippen molar-refractivity contribution in [1.29, 1.82) is 0 Å². The molecule has 0 spiro atoms. The summed E-state index contributed by atoms with van der Waals surface area (Å²) in [6, 6.07) is 8.19. The van der Waals surface area contributed by atoms with Gasteiger partial charge in [0, 0.05) is 43.6 Å². The summed E-state index contributed by atoms with van der Waals surface area (Å²) in [6.07, 6.45) is 8.15. The van der Waals surface area contributed by atoms with E-state index in [0.29, 0.717) is 6.61 Å². The predicted molar refractivity (Wildman–Crippen MR) is 111 cm³/mol. The van der Waals surface area contributed by atoms with Gasteiger partial charge < -0.3 is 9.64 Å². The number of hydrogen-bond acceptors (Lipinski definition) is 4. The Bertz CT molecular complexity index is 789. The second-order valence-corrected chi connectivity index (χ2v) is 7.55. The van der Waals surface area contributed by atoms with Crippen LogP contribution in [0.15, 0.2) is 30.5 Å². The Morgan fingerprint density at radius 1 is 1.25 bits per heavy atom. The first kappa shape index (κ1) is 20.5.